The first kappa shape index (κ1) is 12.7. The molecule has 1 heterocycles. The lowest BCUT2D eigenvalue weighted by Gasteiger charge is -2.22. The van der Waals surface area contributed by atoms with Crippen LogP contribution in [0.5, 0.6) is 0 Å². The standard InChI is InChI=1S/C16H20N2S/c1-18(12-15-6-4-10-19-15)16-7-3-2-5-13(16)11-17-14-8-9-14/h2-7,10,14,17H,8-9,11-12H2,1H3. The fraction of sp³-hybridized carbons (Fsp3) is 0.375. The second-order valence-corrected chi connectivity index (χ2v) is 6.25. The van der Waals surface area contributed by atoms with Crippen LogP contribution < -0.4 is 10.2 Å². The number of rotatable bonds is 6. The number of anilines is 1. The van der Waals surface area contributed by atoms with Crippen molar-refractivity contribution < 1.29 is 0 Å². The van der Waals surface area contributed by atoms with Crippen LogP contribution in [0, 0.1) is 0 Å². The van der Waals surface area contributed by atoms with E-state index in [1.54, 1.807) is 0 Å². The summed E-state index contributed by atoms with van der Waals surface area (Å²) in [5, 5.41) is 5.75. The zero-order chi connectivity index (χ0) is 13.1. The number of hydrogen-bond donors (Lipinski definition) is 1. The van der Waals surface area contributed by atoms with E-state index in [0.717, 1.165) is 19.1 Å². The van der Waals surface area contributed by atoms with E-state index in [1.807, 2.05) is 11.3 Å². The fourth-order valence-electron chi connectivity index (χ4n) is 2.30. The molecule has 100 valence electrons. The second kappa shape index (κ2) is 5.76. The van der Waals surface area contributed by atoms with E-state index in [0.29, 0.717) is 0 Å². The summed E-state index contributed by atoms with van der Waals surface area (Å²) in [6.45, 7) is 1.97. The van der Waals surface area contributed by atoms with Gasteiger partial charge in [0.25, 0.3) is 0 Å². The molecule has 2 aromatic rings. The van der Waals surface area contributed by atoms with Crippen molar-refractivity contribution in [2.24, 2.45) is 0 Å². The third-order valence-corrected chi connectivity index (χ3v) is 4.40. The maximum absolute atomic E-state index is 3.60. The van der Waals surface area contributed by atoms with Crippen molar-refractivity contribution in [2.75, 3.05) is 11.9 Å². The summed E-state index contributed by atoms with van der Waals surface area (Å²) < 4.78 is 0. The Labute approximate surface area is 119 Å². The topological polar surface area (TPSA) is 15.3 Å². The summed E-state index contributed by atoms with van der Waals surface area (Å²) in [6, 6.07) is 13.8. The van der Waals surface area contributed by atoms with E-state index in [-0.39, 0.29) is 0 Å². The fourth-order valence-corrected chi connectivity index (χ4v) is 3.05. The van der Waals surface area contributed by atoms with E-state index in [2.05, 4.69) is 59.0 Å². The van der Waals surface area contributed by atoms with Crippen molar-refractivity contribution in [3.05, 3.63) is 52.2 Å². The molecule has 1 aromatic carbocycles. The lowest BCUT2D eigenvalue weighted by molar-refractivity contribution is 0.685. The normalized spacial score (nSPS) is 14.6. The van der Waals surface area contributed by atoms with Crippen LogP contribution in [0.1, 0.15) is 23.3 Å². The highest BCUT2D eigenvalue weighted by atomic mass is 32.1. The van der Waals surface area contributed by atoms with Crippen molar-refractivity contribution >= 4 is 17.0 Å². The van der Waals surface area contributed by atoms with Crippen LogP contribution in [-0.4, -0.2) is 13.1 Å². The van der Waals surface area contributed by atoms with E-state index >= 15 is 0 Å². The van der Waals surface area contributed by atoms with Gasteiger partial charge in [0.1, 0.15) is 0 Å². The quantitative estimate of drug-likeness (QED) is 0.863. The van der Waals surface area contributed by atoms with E-state index in [9.17, 15) is 0 Å². The Morgan fingerprint density at radius 3 is 2.79 bits per heavy atom. The summed E-state index contributed by atoms with van der Waals surface area (Å²) in [5.74, 6) is 0. The molecular weight excluding hydrogens is 252 g/mol. The van der Waals surface area contributed by atoms with Crippen LogP contribution in [0.4, 0.5) is 5.69 Å². The maximum Gasteiger partial charge on any atom is 0.0519 e. The van der Waals surface area contributed by atoms with Crippen LogP contribution in [0.3, 0.4) is 0 Å². The zero-order valence-electron chi connectivity index (χ0n) is 11.3. The Bertz CT molecular complexity index is 517. The number of nitrogens with zero attached hydrogens (tertiary/aromatic N) is 1. The largest absolute Gasteiger partial charge is 0.369 e. The molecule has 2 nitrogen and oxygen atoms in total. The number of benzene rings is 1. The first-order valence-corrected chi connectivity index (χ1v) is 7.76. The average molecular weight is 272 g/mol. The Morgan fingerprint density at radius 2 is 2.05 bits per heavy atom. The molecule has 0 unspecified atom stereocenters. The molecule has 3 rings (SSSR count). The number of thiophene rings is 1. The van der Waals surface area contributed by atoms with Gasteiger partial charge in [0.05, 0.1) is 6.54 Å². The van der Waals surface area contributed by atoms with Gasteiger partial charge in [-0.15, -0.1) is 11.3 Å². The van der Waals surface area contributed by atoms with Gasteiger partial charge < -0.3 is 10.2 Å². The molecule has 3 heteroatoms. The van der Waals surface area contributed by atoms with Gasteiger partial charge in [-0.05, 0) is 35.9 Å². The van der Waals surface area contributed by atoms with Crippen LogP contribution in [-0.2, 0) is 13.1 Å². The minimum Gasteiger partial charge on any atom is -0.369 e. The van der Waals surface area contributed by atoms with Gasteiger partial charge in [-0.1, -0.05) is 24.3 Å². The van der Waals surface area contributed by atoms with E-state index in [4.69, 9.17) is 0 Å². The van der Waals surface area contributed by atoms with Crippen molar-refractivity contribution in [1.29, 1.82) is 0 Å². The first-order valence-electron chi connectivity index (χ1n) is 6.88. The van der Waals surface area contributed by atoms with E-state index in [1.165, 1.54) is 29.0 Å². The van der Waals surface area contributed by atoms with Gasteiger partial charge in [0.15, 0.2) is 0 Å². The lowest BCUT2D eigenvalue weighted by Crippen LogP contribution is -2.21. The van der Waals surface area contributed by atoms with Gasteiger partial charge in [0.2, 0.25) is 0 Å². The molecular formula is C16H20N2S. The molecule has 0 aliphatic heterocycles. The van der Waals surface area contributed by atoms with Crippen LogP contribution in [0.25, 0.3) is 0 Å². The molecule has 0 spiro atoms. The van der Waals surface area contributed by atoms with Crippen molar-refractivity contribution in [3.63, 3.8) is 0 Å². The monoisotopic (exact) mass is 272 g/mol. The Morgan fingerprint density at radius 1 is 1.21 bits per heavy atom. The second-order valence-electron chi connectivity index (χ2n) is 5.22. The van der Waals surface area contributed by atoms with Crippen LogP contribution >= 0.6 is 11.3 Å². The highest BCUT2D eigenvalue weighted by Gasteiger charge is 2.20. The van der Waals surface area contributed by atoms with Gasteiger partial charge in [-0.25, -0.2) is 0 Å². The van der Waals surface area contributed by atoms with Gasteiger partial charge in [-0.2, -0.15) is 0 Å². The van der Waals surface area contributed by atoms with Crippen molar-refractivity contribution in [1.82, 2.24) is 5.32 Å². The minimum absolute atomic E-state index is 0.760. The molecule has 19 heavy (non-hydrogen) atoms. The number of hydrogen-bond acceptors (Lipinski definition) is 3. The maximum atomic E-state index is 3.60. The SMILES string of the molecule is CN(Cc1cccs1)c1ccccc1CNC1CC1. The summed E-state index contributed by atoms with van der Waals surface area (Å²) in [5.41, 5.74) is 2.73. The van der Waals surface area contributed by atoms with Crippen molar-refractivity contribution in [2.45, 2.75) is 32.0 Å². The molecule has 0 bridgehead atoms. The molecule has 0 radical (unpaired) electrons. The first-order chi connectivity index (χ1) is 9.33. The Hall–Kier alpha value is -1.32. The van der Waals surface area contributed by atoms with Gasteiger partial charge in [0, 0.05) is 30.2 Å². The molecule has 1 fully saturated rings. The predicted octanol–water partition coefficient (Wildman–Crippen LogP) is 3.64. The predicted molar refractivity (Wildman–Crippen MR) is 82.7 cm³/mol. The third-order valence-electron chi connectivity index (χ3n) is 3.53. The number of para-hydroxylation sites is 1. The highest BCUT2D eigenvalue weighted by Crippen LogP contribution is 2.24. The van der Waals surface area contributed by atoms with Crippen LogP contribution in [0.2, 0.25) is 0 Å². The molecule has 0 saturated heterocycles. The minimum atomic E-state index is 0.760. The lowest BCUT2D eigenvalue weighted by atomic mass is 10.1. The van der Waals surface area contributed by atoms with E-state index < -0.39 is 0 Å². The summed E-state index contributed by atoms with van der Waals surface area (Å²) in [7, 11) is 2.18. The Balaban J connectivity index is 1.70. The molecule has 1 aliphatic carbocycles. The number of nitrogens with one attached hydrogen (secondary N) is 1. The Kier molecular flexibility index (Phi) is 3.85. The molecule has 1 saturated carbocycles. The third kappa shape index (κ3) is 3.37. The van der Waals surface area contributed by atoms with Crippen LogP contribution in [0.15, 0.2) is 41.8 Å². The summed E-state index contributed by atoms with van der Waals surface area (Å²) >= 11 is 1.82. The highest BCUT2D eigenvalue weighted by molar-refractivity contribution is 7.09. The van der Waals surface area contributed by atoms with Gasteiger partial charge >= 0.3 is 0 Å². The zero-order valence-corrected chi connectivity index (χ0v) is 12.1. The van der Waals surface area contributed by atoms with Gasteiger partial charge in [-0.3, -0.25) is 0 Å². The molecule has 1 aromatic heterocycles. The average Bonchev–Trinajstić information content (AvgIpc) is 3.13. The molecule has 0 atom stereocenters. The smallest absolute Gasteiger partial charge is 0.0519 e. The molecule has 1 N–H and O–H groups in total. The van der Waals surface area contributed by atoms with Crippen molar-refractivity contribution in [3.8, 4) is 0 Å². The molecule has 1 aliphatic rings. The molecule has 0 amide bonds. The summed E-state index contributed by atoms with van der Waals surface area (Å²) in [6.07, 6.45) is 2.68. The summed E-state index contributed by atoms with van der Waals surface area (Å²) in [4.78, 5) is 3.75.